The van der Waals surface area contributed by atoms with Crippen LogP contribution in [0.3, 0.4) is 0 Å². The number of hydrogen-bond donors (Lipinski definition) is 1. The second-order valence-corrected chi connectivity index (χ2v) is 6.17. The molecule has 0 atom stereocenters. The molecule has 1 N–H and O–H groups in total. The Bertz CT molecular complexity index is 952. The molecule has 2 aromatic carbocycles. The van der Waals surface area contributed by atoms with Crippen molar-refractivity contribution < 1.29 is 4.39 Å². The number of nitrogens with one attached hydrogen (secondary N) is 1. The molecule has 0 aliphatic carbocycles. The SMILES string of the molecule is CCc1ccc2nc(-c3cc4ccc(F)cc4s3)[nH]c2c1. The van der Waals surface area contributed by atoms with Crippen LogP contribution in [0, 0.1) is 5.82 Å². The van der Waals surface area contributed by atoms with Crippen molar-refractivity contribution in [1.82, 2.24) is 9.97 Å². The van der Waals surface area contributed by atoms with Gasteiger partial charge in [0.05, 0.1) is 15.9 Å². The number of aryl methyl sites for hydroxylation is 1. The lowest BCUT2D eigenvalue weighted by molar-refractivity contribution is 0.630. The lowest BCUT2D eigenvalue weighted by atomic mass is 10.1. The summed E-state index contributed by atoms with van der Waals surface area (Å²) in [7, 11) is 0. The highest BCUT2D eigenvalue weighted by Gasteiger charge is 2.10. The van der Waals surface area contributed by atoms with Crippen LogP contribution in [0.5, 0.6) is 0 Å². The normalized spacial score (nSPS) is 11.5. The fraction of sp³-hybridized carbons (Fsp3) is 0.118. The largest absolute Gasteiger partial charge is 0.337 e. The molecule has 4 aromatic rings. The van der Waals surface area contributed by atoms with Crippen LogP contribution in [-0.4, -0.2) is 9.97 Å². The number of H-pyrrole nitrogens is 1. The number of fused-ring (bicyclic) bond motifs is 2. The van der Waals surface area contributed by atoms with Gasteiger partial charge in [0, 0.05) is 4.70 Å². The molecule has 0 aliphatic rings. The van der Waals surface area contributed by atoms with Crippen molar-refractivity contribution in [1.29, 1.82) is 0 Å². The van der Waals surface area contributed by atoms with Gasteiger partial charge < -0.3 is 4.98 Å². The lowest BCUT2D eigenvalue weighted by Gasteiger charge is -1.93. The molecule has 0 saturated heterocycles. The number of halogens is 1. The summed E-state index contributed by atoms with van der Waals surface area (Å²) in [6.07, 6.45) is 1.01. The van der Waals surface area contributed by atoms with Gasteiger partial charge in [-0.2, -0.15) is 0 Å². The molecular weight excluding hydrogens is 283 g/mol. The predicted molar refractivity (Wildman–Crippen MR) is 86.2 cm³/mol. The standard InChI is InChI=1S/C17H13FN2S/c1-2-10-3-6-13-14(7-10)20-17(19-13)16-8-11-4-5-12(18)9-15(11)21-16/h3-9H,2H2,1H3,(H,19,20). The average Bonchev–Trinajstić information content (AvgIpc) is 3.08. The zero-order valence-corrected chi connectivity index (χ0v) is 12.3. The van der Waals surface area contributed by atoms with Gasteiger partial charge in [0.15, 0.2) is 0 Å². The fourth-order valence-electron chi connectivity index (χ4n) is 2.52. The first-order chi connectivity index (χ1) is 10.2. The van der Waals surface area contributed by atoms with Gasteiger partial charge in [0.25, 0.3) is 0 Å². The number of nitrogens with zero attached hydrogens (tertiary/aromatic N) is 1. The summed E-state index contributed by atoms with van der Waals surface area (Å²) in [5.41, 5.74) is 3.30. The van der Waals surface area contributed by atoms with Crippen molar-refractivity contribution in [2.75, 3.05) is 0 Å². The number of imidazole rings is 1. The molecule has 0 bridgehead atoms. The molecule has 2 nitrogen and oxygen atoms in total. The van der Waals surface area contributed by atoms with E-state index in [0.29, 0.717) is 0 Å². The molecule has 0 aliphatic heterocycles. The molecule has 0 unspecified atom stereocenters. The first-order valence-electron chi connectivity index (χ1n) is 6.91. The summed E-state index contributed by atoms with van der Waals surface area (Å²) in [6.45, 7) is 2.14. The van der Waals surface area contributed by atoms with Crippen molar-refractivity contribution in [2.24, 2.45) is 0 Å². The second-order valence-electron chi connectivity index (χ2n) is 5.08. The minimum Gasteiger partial charge on any atom is -0.337 e. The molecule has 2 aromatic heterocycles. The Labute approximate surface area is 125 Å². The maximum Gasteiger partial charge on any atom is 0.148 e. The van der Waals surface area contributed by atoms with Gasteiger partial charge in [-0.15, -0.1) is 11.3 Å². The van der Waals surface area contributed by atoms with E-state index < -0.39 is 0 Å². The van der Waals surface area contributed by atoms with E-state index >= 15 is 0 Å². The van der Waals surface area contributed by atoms with Crippen LogP contribution in [-0.2, 0) is 6.42 Å². The Balaban J connectivity index is 1.87. The quantitative estimate of drug-likeness (QED) is 0.544. The number of thiophene rings is 1. The first kappa shape index (κ1) is 12.5. The van der Waals surface area contributed by atoms with E-state index in [0.717, 1.165) is 38.2 Å². The molecule has 21 heavy (non-hydrogen) atoms. The van der Waals surface area contributed by atoms with Crippen LogP contribution in [0.4, 0.5) is 4.39 Å². The first-order valence-corrected chi connectivity index (χ1v) is 7.73. The number of hydrogen-bond acceptors (Lipinski definition) is 2. The zero-order chi connectivity index (χ0) is 14.4. The summed E-state index contributed by atoms with van der Waals surface area (Å²) in [6, 6.07) is 13.2. The van der Waals surface area contributed by atoms with Crippen LogP contribution in [0.1, 0.15) is 12.5 Å². The molecule has 0 fully saturated rings. The van der Waals surface area contributed by atoms with Gasteiger partial charge in [-0.25, -0.2) is 9.37 Å². The molecular formula is C17H13FN2S. The van der Waals surface area contributed by atoms with Crippen LogP contribution >= 0.6 is 11.3 Å². The van der Waals surface area contributed by atoms with Crippen LogP contribution in [0.2, 0.25) is 0 Å². The van der Waals surface area contributed by atoms with E-state index in [-0.39, 0.29) is 5.82 Å². The maximum atomic E-state index is 13.3. The van der Waals surface area contributed by atoms with Crippen molar-refractivity contribution in [3.8, 4) is 10.7 Å². The molecule has 4 rings (SSSR count). The smallest absolute Gasteiger partial charge is 0.148 e. The minimum atomic E-state index is -0.201. The average molecular weight is 296 g/mol. The Morgan fingerprint density at radius 1 is 1.14 bits per heavy atom. The van der Waals surface area contributed by atoms with Crippen molar-refractivity contribution >= 4 is 32.5 Å². The molecule has 0 radical (unpaired) electrons. The van der Waals surface area contributed by atoms with E-state index in [9.17, 15) is 4.39 Å². The second kappa shape index (κ2) is 4.67. The van der Waals surface area contributed by atoms with E-state index in [1.54, 1.807) is 17.4 Å². The predicted octanol–water partition coefficient (Wildman–Crippen LogP) is 5.15. The summed E-state index contributed by atoms with van der Waals surface area (Å²) in [4.78, 5) is 9.04. The van der Waals surface area contributed by atoms with E-state index in [1.165, 1.54) is 11.6 Å². The third-order valence-electron chi connectivity index (χ3n) is 3.67. The van der Waals surface area contributed by atoms with Gasteiger partial charge in [-0.05, 0) is 47.7 Å². The molecule has 104 valence electrons. The fourth-order valence-corrected chi connectivity index (χ4v) is 3.55. The molecule has 4 heteroatoms. The summed E-state index contributed by atoms with van der Waals surface area (Å²) >= 11 is 1.56. The van der Waals surface area contributed by atoms with Gasteiger partial charge in [-0.3, -0.25) is 0 Å². The zero-order valence-electron chi connectivity index (χ0n) is 11.5. The van der Waals surface area contributed by atoms with Crippen molar-refractivity contribution in [2.45, 2.75) is 13.3 Å². The third-order valence-corrected chi connectivity index (χ3v) is 4.77. The van der Waals surface area contributed by atoms with Crippen molar-refractivity contribution in [3.63, 3.8) is 0 Å². The van der Waals surface area contributed by atoms with E-state index in [2.05, 4.69) is 35.1 Å². The summed E-state index contributed by atoms with van der Waals surface area (Å²) in [5.74, 6) is 0.646. The lowest BCUT2D eigenvalue weighted by Crippen LogP contribution is -1.78. The molecule has 0 saturated carbocycles. The monoisotopic (exact) mass is 296 g/mol. The van der Waals surface area contributed by atoms with Gasteiger partial charge in [0.2, 0.25) is 0 Å². The van der Waals surface area contributed by atoms with Crippen molar-refractivity contribution in [3.05, 3.63) is 53.8 Å². The van der Waals surface area contributed by atoms with Crippen LogP contribution in [0.25, 0.3) is 31.8 Å². The van der Waals surface area contributed by atoms with Crippen LogP contribution in [0.15, 0.2) is 42.5 Å². The molecule has 0 amide bonds. The number of aromatic nitrogens is 2. The Morgan fingerprint density at radius 2 is 2.05 bits per heavy atom. The number of aromatic amines is 1. The van der Waals surface area contributed by atoms with Gasteiger partial charge in [-0.1, -0.05) is 19.1 Å². The highest BCUT2D eigenvalue weighted by Crippen LogP contribution is 2.33. The highest BCUT2D eigenvalue weighted by molar-refractivity contribution is 7.22. The topological polar surface area (TPSA) is 28.7 Å². The van der Waals surface area contributed by atoms with E-state index in [4.69, 9.17) is 0 Å². The summed E-state index contributed by atoms with van der Waals surface area (Å²) in [5, 5.41) is 1.05. The number of benzene rings is 2. The Morgan fingerprint density at radius 3 is 2.90 bits per heavy atom. The molecule has 2 heterocycles. The number of rotatable bonds is 2. The third kappa shape index (κ3) is 2.12. The van der Waals surface area contributed by atoms with Gasteiger partial charge in [0.1, 0.15) is 11.6 Å². The van der Waals surface area contributed by atoms with Crippen LogP contribution < -0.4 is 0 Å². The summed E-state index contributed by atoms with van der Waals surface area (Å²) < 4.78 is 14.2. The van der Waals surface area contributed by atoms with E-state index in [1.807, 2.05) is 12.1 Å². The van der Waals surface area contributed by atoms with Gasteiger partial charge >= 0.3 is 0 Å². The highest BCUT2D eigenvalue weighted by atomic mass is 32.1. The Hall–Kier alpha value is -2.20. The Kier molecular flexibility index (Phi) is 2.79. The maximum absolute atomic E-state index is 13.3. The minimum absolute atomic E-state index is 0.201. The molecule has 0 spiro atoms.